The molecule has 0 aliphatic rings. The van der Waals surface area contributed by atoms with Crippen LogP contribution in [-0.2, 0) is 16.1 Å². The molecule has 0 fully saturated rings. The third-order valence-electron chi connectivity index (χ3n) is 5.62. The van der Waals surface area contributed by atoms with Crippen LogP contribution in [0.5, 0.6) is 5.75 Å². The monoisotopic (exact) mass is 526 g/mol. The molecule has 4 rings (SSSR count). The SMILES string of the molecule is Cc1noc(-c2ccc(-c3ccc(O/C(N)=C(/C=C\N)C(=O)O)cc3)cc2)c1NC(=O)OCc1ccccc1. The molecular weight excluding hydrogens is 500 g/mol. The Hall–Kier alpha value is -5.51. The van der Waals surface area contributed by atoms with Crippen molar-refractivity contribution in [3.05, 3.63) is 114 Å². The number of nitrogens with zero attached hydrogens (tertiary/aromatic N) is 1. The van der Waals surface area contributed by atoms with Crippen LogP contribution < -0.4 is 21.5 Å². The number of nitrogens with one attached hydrogen (secondary N) is 1. The third-order valence-corrected chi connectivity index (χ3v) is 5.62. The van der Waals surface area contributed by atoms with Gasteiger partial charge in [0, 0.05) is 5.56 Å². The molecule has 39 heavy (non-hydrogen) atoms. The van der Waals surface area contributed by atoms with Crippen LogP contribution in [0.1, 0.15) is 11.3 Å². The summed E-state index contributed by atoms with van der Waals surface area (Å²) in [5.74, 6) is -0.765. The number of amides is 1. The fourth-order valence-electron chi connectivity index (χ4n) is 3.64. The molecule has 0 unspecified atom stereocenters. The van der Waals surface area contributed by atoms with Gasteiger partial charge in [-0.15, -0.1) is 0 Å². The number of aryl methyl sites for hydroxylation is 1. The molecule has 4 aromatic rings. The van der Waals surface area contributed by atoms with Crippen LogP contribution in [0.3, 0.4) is 0 Å². The summed E-state index contributed by atoms with van der Waals surface area (Å²) >= 11 is 0. The lowest BCUT2D eigenvalue weighted by molar-refractivity contribution is -0.132. The number of rotatable bonds is 9. The molecule has 0 atom stereocenters. The summed E-state index contributed by atoms with van der Waals surface area (Å²) in [7, 11) is 0. The van der Waals surface area contributed by atoms with Crippen molar-refractivity contribution < 1.29 is 28.7 Å². The van der Waals surface area contributed by atoms with Gasteiger partial charge in [-0.2, -0.15) is 0 Å². The highest BCUT2D eigenvalue weighted by Gasteiger charge is 2.18. The predicted molar refractivity (Wildman–Crippen MR) is 145 cm³/mol. The minimum absolute atomic E-state index is 0.138. The van der Waals surface area contributed by atoms with E-state index in [0.29, 0.717) is 28.5 Å². The van der Waals surface area contributed by atoms with E-state index in [1.807, 2.05) is 66.7 Å². The van der Waals surface area contributed by atoms with Crippen LogP contribution in [0.25, 0.3) is 22.5 Å². The molecule has 3 aromatic carbocycles. The van der Waals surface area contributed by atoms with Crippen LogP contribution >= 0.6 is 0 Å². The Labute approximate surface area is 224 Å². The van der Waals surface area contributed by atoms with Crippen molar-refractivity contribution in [3.63, 3.8) is 0 Å². The summed E-state index contributed by atoms with van der Waals surface area (Å²) < 4.78 is 16.3. The summed E-state index contributed by atoms with van der Waals surface area (Å²) in [5.41, 5.74) is 15.1. The normalized spacial score (nSPS) is 11.6. The van der Waals surface area contributed by atoms with E-state index < -0.39 is 12.1 Å². The summed E-state index contributed by atoms with van der Waals surface area (Å²) in [6.07, 6.45) is 1.61. The summed E-state index contributed by atoms with van der Waals surface area (Å²) in [6, 6.07) is 23.8. The van der Waals surface area contributed by atoms with Gasteiger partial charge in [0.2, 0.25) is 5.88 Å². The number of benzene rings is 3. The molecule has 6 N–H and O–H groups in total. The Morgan fingerprint density at radius 2 is 1.59 bits per heavy atom. The second kappa shape index (κ2) is 12.2. The first kappa shape index (κ1) is 26.6. The summed E-state index contributed by atoms with van der Waals surface area (Å²) in [6.45, 7) is 1.87. The van der Waals surface area contributed by atoms with E-state index >= 15 is 0 Å². The van der Waals surface area contributed by atoms with Gasteiger partial charge in [0.25, 0.3) is 0 Å². The first-order valence-corrected chi connectivity index (χ1v) is 11.8. The molecule has 1 heterocycles. The minimum atomic E-state index is -1.25. The van der Waals surface area contributed by atoms with E-state index in [9.17, 15) is 14.7 Å². The molecule has 0 saturated heterocycles. The van der Waals surface area contributed by atoms with Gasteiger partial charge in [-0.3, -0.25) is 5.32 Å². The van der Waals surface area contributed by atoms with E-state index in [1.165, 1.54) is 0 Å². The highest BCUT2D eigenvalue weighted by atomic mass is 16.5. The number of carbonyl (C=O) groups is 2. The highest BCUT2D eigenvalue weighted by Crippen LogP contribution is 2.33. The maximum atomic E-state index is 12.4. The largest absolute Gasteiger partial charge is 0.477 e. The van der Waals surface area contributed by atoms with Gasteiger partial charge in [0.15, 0.2) is 5.76 Å². The van der Waals surface area contributed by atoms with Gasteiger partial charge in [-0.25, -0.2) is 9.59 Å². The molecule has 198 valence electrons. The smallest absolute Gasteiger partial charge is 0.412 e. The van der Waals surface area contributed by atoms with Crippen molar-refractivity contribution in [2.24, 2.45) is 11.5 Å². The number of aliphatic carboxylic acids is 1. The topological polar surface area (TPSA) is 163 Å². The lowest BCUT2D eigenvalue weighted by Gasteiger charge is -2.09. The Morgan fingerprint density at radius 3 is 2.21 bits per heavy atom. The average molecular weight is 527 g/mol. The zero-order chi connectivity index (χ0) is 27.8. The van der Waals surface area contributed by atoms with E-state index in [0.717, 1.165) is 29.0 Å². The van der Waals surface area contributed by atoms with Crippen LogP contribution in [0.15, 0.2) is 107 Å². The molecule has 0 radical (unpaired) electrons. The zero-order valence-corrected chi connectivity index (χ0v) is 21.0. The van der Waals surface area contributed by atoms with Crippen LogP contribution in [0, 0.1) is 6.92 Å². The third kappa shape index (κ3) is 6.63. The summed E-state index contributed by atoms with van der Waals surface area (Å²) in [5, 5.41) is 15.9. The number of hydrogen-bond donors (Lipinski definition) is 4. The van der Waals surface area contributed by atoms with Gasteiger partial charge >= 0.3 is 12.1 Å². The molecule has 1 aromatic heterocycles. The van der Waals surface area contributed by atoms with E-state index in [4.69, 9.17) is 25.5 Å². The van der Waals surface area contributed by atoms with Crippen molar-refractivity contribution in [2.45, 2.75) is 13.5 Å². The minimum Gasteiger partial charge on any atom is -0.477 e. The van der Waals surface area contributed by atoms with Crippen LogP contribution in [-0.4, -0.2) is 22.3 Å². The number of aromatic nitrogens is 1. The van der Waals surface area contributed by atoms with Crippen LogP contribution in [0.4, 0.5) is 10.5 Å². The first-order valence-electron chi connectivity index (χ1n) is 11.8. The Balaban J connectivity index is 1.45. The van der Waals surface area contributed by atoms with E-state index in [-0.39, 0.29) is 18.1 Å². The Kier molecular flexibility index (Phi) is 8.27. The van der Waals surface area contributed by atoms with Gasteiger partial charge in [0.05, 0.1) is 0 Å². The lowest BCUT2D eigenvalue weighted by Crippen LogP contribution is -2.14. The molecule has 0 aliphatic carbocycles. The quantitative estimate of drug-likeness (QED) is 0.131. The predicted octanol–water partition coefficient (Wildman–Crippen LogP) is 5.17. The van der Waals surface area contributed by atoms with E-state index in [2.05, 4.69) is 10.5 Å². The van der Waals surface area contributed by atoms with Crippen LogP contribution in [0.2, 0.25) is 0 Å². The molecular formula is C29H26N4O6. The van der Waals surface area contributed by atoms with Gasteiger partial charge in [0.1, 0.15) is 29.3 Å². The van der Waals surface area contributed by atoms with Crippen molar-refractivity contribution in [1.82, 2.24) is 5.16 Å². The maximum Gasteiger partial charge on any atom is 0.412 e. The zero-order valence-electron chi connectivity index (χ0n) is 21.0. The number of anilines is 1. The molecule has 10 nitrogen and oxygen atoms in total. The molecule has 0 aliphatic heterocycles. The fraction of sp³-hybridized carbons (Fsp3) is 0.0690. The number of ether oxygens (including phenoxy) is 2. The Morgan fingerprint density at radius 1 is 0.974 bits per heavy atom. The molecule has 0 spiro atoms. The lowest BCUT2D eigenvalue weighted by atomic mass is 10.0. The number of carbonyl (C=O) groups excluding carboxylic acids is 1. The molecule has 0 bridgehead atoms. The average Bonchev–Trinajstić information content (AvgIpc) is 3.31. The molecule has 1 amide bonds. The summed E-state index contributed by atoms with van der Waals surface area (Å²) in [4.78, 5) is 23.7. The number of carboxylic acid groups (broad SMARTS) is 1. The molecule has 0 saturated carbocycles. The standard InChI is InChI=1S/C29H26N4O6/c1-18-25(32-29(36)37-17-19-5-3-2-4-6-19)26(39-33-18)22-9-7-20(8-10-22)21-11-13-23(14-12-21)38-27(31)24(15-16-30)28(34)35/h2-16H,17,30-31H2,1H3,(H,32,36)(H,34,35)/b16-15-,27-24-. The maximum absolute atomic E-state index is 12.4. The van der Waals surface area contributed by atoms with E-state index in [1.54, 1.807) is 19.1 Å². The van der Waals surface area contributed by atoms with Gasteiger partial charge in [-0.1, -0.05) is 71.9 Å². The second-order valence-electron chi connectivity index (χ2n) is 8.30. The highest BCUT2D eigenvalue weighted by molar-refractivity contribution is 5.91. The second-order valence-corrected chi connectivity index (χ2v) is 8.30. The van der Waals surface area contributed by atoms with Crippen molar-refractivity contribution in [1.29, 1.82) is 0 Å². The fourth-order valence-corrected chi connectivity index (χ4v) is 3.64. The van der Waals surface area contributed by atoms with Gasteiger partial charge < -0.3 is 30.6 Å². The Bertz CT molecular complexity index is 1510. The van der Waals surface area contributed by atoms with Crippen molar-refractivity contribution >= 4 is 17.7 Å². The van der Waals surface area contributed by atoms with Crippen molar-refractivity contribution in [3.8, 4) is 28.2 Å². The molecule has 10 heteroatoms. The van der Waals surface area contributed by atoms with Crippen molar-refractivity contribution in [2.75, 3.05) is 5.32 Å². The number of nitrogens with two attached hydrogens (primary N) is 2. The van der Waals surface area contributed by atoms with Gasteiger partial charge in [-0.05, 0) is 48.0 Å². The number of hydrogen-bond acceptors (Lipinski definition) is 8. The number of carboxylic acids is 1. The first-order chi connectivity index (χ1) is 18.9.